The Kier molecular flexibility index (Phi) is 5.75. The normalized spacial score (nSPS) is 16.4. The van der Waals surface area contributed by atoms with Crippen LogP contribution in [-0.2, 0) is 11.3 Å². The van der Waals surface area contributed by atoms with Crippen LogP contribution in [0.2, 0.25) is 5.02 Å². The van der Waals surface area contributed by atoms with Crippen molar-refractivity contribution in [3.8, 4) is 0 Å². The van der Waals surface area contributed by atoms with Gasteiger partial charge in [-0.15, -0.1) is 11.3 Å². The molecule has 1 saturated heterocycles. The fourth-order valence-electron chi connectivity index (χ4n) is 3.35. The minimum Gasteiger partial charge on any atom is -0.376 e. The van der Waals surface area contributed by atoms with Crippen LogP contribution in [-0.4, -0.2) is 35.1 Å². The molecule has 2 aromatic heterocycles. The van der Waals surface area contributed by atoms with Gasteiger partial charge in [0.05, 0.1) is 16.4 Å². The van der Waals surface area contributed by atoms with Crippen molar-refractivity contribution in [2.75, 3.05) is 18.5 Å². The highest BCUT2D eigenvalue weighted by atomic mass is 35.5. The van der Waals surface area contributed by atoms with Gasteiger partial charge in [-0.05, 0) is 43.0 Å². The summed E-state index contributed by atoms with van der Waals surface area (Å²) in [5, 5.41) is 7.89. The van der Waals surface area contributed by atoms with Crippen molar-refractivity contribution in [3.05, 3.63) is 51.6 Å². The van der Waals surface area contributed by atoms with Crippen LogP contribution in [0.1, 0.15) is 33.6 Å². The molecule has 1 aromatic carbocycles. The zero-order chi connectivity index (χ0) is 19.5. The molecule has 1 atom stereocenters. The number of nitrogens with zero attached hydrogens (tertiary/aromatic N) is 2. The van der Waals surface area contributed by atoms with Crippen molar-refractivity contribution in [3.63, 3.8) is 0 Å². The summed E-state index contributed by atoms with van der Waals surface area (Å²) in [6.07, 6.45) is 3.90. The van der Waals surface area contributed by atoms with Gasteiger partial charge in [-0.2, -0.15) is 0 Å². The molecule has 0 aliphatic carbocycles. The van der Waals surface area contributed by atoms with Crippen LogP contribution in [0.3, 0.4) is 0 Å². The second kappa shape index (κ2) is 8.43. The lowest BCUT2D eigenvalue weighted by atomic mass is 10.2. The van der Waals surface area contributed by atoms with Gasteiger partial charge in [-0.1, -0.05) is 23.7 Å². The molecule has 0 saturated carbocycles. The van der Waals surface area contributed by atoms with Crippen molar-refractivity contribution >= 4 is 44.9 Å². The first kappa shape index (κ1) is 19.1. The molecule has 2 N–H and O–H groups in total. The number of carbonyl (C=O) groups excluding carboxylic acids is 1. The zero-order valence-electron chi connectivity index (χ0n) is 15.5. The van der Waals surface area contributed by atoms with E-state index in [2.05, 4.69) is 20.6 Å². The monoisotopic (exact) mass is 416 g/mol. The van der Waals surface area contributed by atoms with E-state index in [1.165, 1.54) is 17.7 Å². The van der Waals surface area contributed by atoms with Gasteiger partial charge in [-0.25, -0.2) is 9.97 Å². The highest BCUT2D eigenvalue weighted by Gasteiger charge is 2.21. The summed E-state index contributed by atoms with van der Waals surface area (Å²) in [5.74, 6) is 0.633. The highest BCUT2D eigenvalue weighted by Crippen LogP contribution is 2.33. The molecule has 1 aliphatic heterocycles. The van der Waals surface area contributed by atoms with Gasteiger partial charge in [-0.3, -0.25) is 4.79 Å². The smallest absolute Gasteiger partial charge is 0.261 e. The molecule has 6 nitrogen and oxygen atoms in total. The van der Waals surface area contributed by atoms with E-state index >= 15 is 0 Å². The second-order valence-corrected chi connectivity index (χ2v) is 8.22. The average molecular weight is 417 g/mol. The summed E-state index contributed by atoms with van der Waals surface area (Å²) in [6.45, 7) is 3.88. The van der Waals surface area contributed by atoms with Crippen LogP contribution in [0, 0.1) is 6.92 Å². The topological polar surface area (TPSA) is 76.1 Å². The van der Waals surface area contributed by atoms with Crippen LogP contribution >= 0.6 is 22.9 Å². The molecule has 28 heavy (non-hydrogen) atoms. The van der Waals surface area contributed by atoms with Crippen molar-refractivity contribution in [2.45, 2.75) is 32.4 Å². The summed E-state index contributed by atoms with van der Waals surface area (Å²) >= 11 is 7.39. The molecule has 4 rings (SSSR count). The van der Waals surface area contributed by atoms with E-state index in [1.54, 1.807) is 0 Å². The van der Waals surface area contributed by atoms with E-state index in [0.29, 0.717) is 23.0 Å². The van der Waals surface area contributed by atoms with Gasteiger partial charge in [0.1, 0.15) is 17.0 Å². The van der Waals surface area contributed by atoms with Crippen molar-refractivity contribution in [1.82, 2.24) is 15.3 Å². The maximum Gasteiger partial charge on any atom is 0.261 e. The maximum atomic E-state index is 12.7. The van der Waals surface area contributed by atoms with E-state index in [1.807, 2.05) is 31.2 Å². The third-order valence-corrected chi connectivity index (χ3v) is 6.23. The first-order chi connectivity index (χ1) is 13.6. The molecule has 3 aromatic rings. The minimum atomic E-state index is -0.120. The van der Waals surface area contributed by atoms with Crippen LogP contribution in [0.4, 0.5) is 5.82 Å². The lowest BCUT2D eigenvalue weighted by Gasteiger charge is -2.12. The van der Waals surface area contributed by atoms with Gasteiger partial charge in [0.15, 0.2) is 0 Å². The number of anilines is 1. The minimum absolute atomic E-state index is 0.120. The number of halogens is 1. The Morgan fingerprint density at radius 1 is 1.39 bits per heavy atom. The molecule has 1 amide bonds. The quantitative estimate of drug-likeness (QED) is 0.630. The van der Waals surface area contributed by atoms with Crippen LogP contribution in [0.5, 0.6) is 0 Å². The third-order valence-electron chi connectivity index (χ3n) is 4.80. The van der Waals surface area contributed by atoms with Crippen LogP contribution in [0.15, 0.2) is 30.6 Å². The predicted molar refractivity (Wildman–Crippen MR) is 112 cm³/mol. The highest BCUT2D eigenvalue weighted by molar-refractivity contribution is 7.20. The first-order valence-electron chi connectivity index (χ1n) is 9.24. The third kappa shape index (κ3) is 4.11. The molecule has 1 aliphatic rings. The molecule has 1 fully saturated rings. The standard InChI is InChI=1S/C20H21ClN4O2S/c1-12-16-18(22-10-15-6-3-7-27-15)24-11-25-20(16)28-17(12)19(26)23-9-13-4-2-5-14(21)8-13/h2,4-5,8,11,15H,3,6-7,9-10H2,1H3,(H,23,26)(H,22,24,25)/t15-/m1/s1. The zero-order valence-corrected chi connectivity index (χ0v) is 17.1. The molecular formula is C20H21ClN4O2S. The Balaban J connectivity index is 1.51. The van der Waals surface area contributed by atoms with Crippen molar-refractivity contribution in [2.24, 2.45) is 0 Å². The fourth-order valence-corrected chi connectivity index (χ4v) is 4.63. The summed E-state index contributed by atoms with van der Waals surface area (Å²) in [6, 6.07) is 7.46. The van der Waals surface area contributed by atoms with Gasteiger partial charge in [0.25, 0.3) is 5.91 Å². The number of nitrogens with one attached hydrogen (secondary N) is 2. The summed E-state index contributed by atoms with van der Waals surface area (Å²) in [7, 11) is 0. The fraction of sp³-hybridized carbons (Fsp3) is 0.350. The van der Waals surface area contributed by atoms with E-state index in [-0.39, 0.29) is 12.0 Å². The average Bonchev–Trinajstić information content (AvgIpc) is 3.33. The van der Waals surface area contributed by atoms with E-state index in [4.69, 9.17) is 16.3 Å². The van der Waals surface area contributed by atoms with Gasteiger partial charge in [0.2, 0.25) is 0 Å². The molecule has 0 spiro atoms. The van der Waals surface area contributed by atoms with Gasteiger partial charge < -0.3 is 15.4 Å². The SMILES string of the molecule is Cc1c(C(=O)NCc2cccc(Cl)c2)sc2ncnc(NC[C@H]3CCCO3)c12. The van der Waals surface area contributed by atoms with Gasteiger partial charge >= 0.3 is 0 Å². The number of fused-ring (bicyclic) bond motifs is 1. The van der Waals surface area contributed by atoms with Crippen LogP contribution < -0.4 is 10.6 Å². The van der Waals surface area contributed by atoms with Gasteiger partial charge in [0, 0.05) is 24.7 Å². The number of aromatic nitrogens is 2. The predicted octanol–water partition coefficient (Wildman–Crippen LogP) is 4.17. The number of benzene rings is 1. The van der Waals surface area contributed by atoms with E-state index < -0.39 is 0 Å². The molecule has 3 heterocycles. The van der Waals surface area contributed by atoms with E-state index in [0.717, 1.165) is 46.6 Å². The van der Waals surface area contributed by atoms with Crippen molar-refractivity contribution < 1.29 is 9.53 Å². The lowest BCUT2D eigenvalue weighted by molar-refractivity contribution is 0.0954. The Morgan fingerprint density at radius 3 is 3.07 bits per heavy atom. The van der Waals surface area contributed by atoms with Crippen molar-refractivity contribution in [1.29, 1.82) is 0 Å². The molecule has 8 heteroatoms. The number of thiophene rings is 1. The number of ether oxygens (including phenoxy) is 1. The number of rotatable bonds is 6. The number of aryl methyl sites for hydroxylation is 1. The second-order valence-electron chi connectivity index (χ2n) is 6.79. The number of amides is 1. The maximum absolute atomic E-state index is 12.7. The summed E-state index contributed by atoms with van der Waals surface area (Å²) in [5.41, 5.74) is 1.84. The Morgan fingerprint density at radius 2 is 2.29 bits per heavy atom. The molecule has 0 radical (unpaired) electrons. The largest absolute Gasteiger partial charge is 0.376 e. The molecular weight excluding hydrogens is 396 g/mol. The molecule has 146 valence electrons. The Hall–Kier alpha value is -2.22. The Bertz CT molecular complexity index is 1000. The number of carbonyl (C=O) groups is 1. The number of hydrogen-bond acceptors (Lipinski definition) is 6. The first-order valence-corrected chi connectivity index (χ1v) is 10.4. The molecule has 0 unspecified atom stereocenters. The Labute approximate surface area is 172 Å². The molecule has 0 bridgehead atoms. The summed E-state index contributed by atoms with van der Waals surface area (Å²) in [4.78, 5) is 22.9. The number of hydrogen-bond donors (Lipinski definition) is 2. The lowest BCUT2D eigenvalue weighted by Crippen LogP contribution is -2.22. The van der Waals surface area contributed by atoms with E-state index in [9.17, 15) is 4.79 Å². The summed E-state index contributed by atoms with van der Waals surface area (Å²) < 4.78 is 5.67. The van der Waals surface area contributed by atoms with Crippen LogP contribution in [0.25, 0.3) is 10.2 Å².